The average molecular weight is 475 g/mol. The molecule has 5 nitrogen and oxygen atoms in total. The first-order chi connectivity index (χ1) is 16.8. The topological polar surface area (TPSA) is 60.9 Å². The number of hydrogen-bond acceptors (Lipinski definition) is 3. The summed E-state index contributed by atoms with van der Waals surface area (Å²) in [5, 5.41) is 10.3. The normalized spacial score (nSPS) is 14.4. The van der Waals surface area contributed by atoms with Crippen LogP contribution in [0, 0.1) is 11.7 Å². The summed E-state index contributed by atoms with van der Waals surface area (Å²) in [6, 6.07) is 16.6. The number of hydrogen-bond donors (Lipinski definition) is 1. The third-order valence-corrected chi connectivity index (χ3v) is 6.68. The number of carboxylic acid groups (broad SMARTS) is 1. The van der Waals surface area contributed by atoms with E-state index in [1.54, 1.807) is 21.9 Å². The number of nitrogens with zero attached hydrogens (tertiary/aromatic N) is 2. The van der Waals surface area contributed by atoms with Gasteiger partial charge >= 0.3 is 5.97 Å². The molecule has 1 N–H and O–H groups in total. The zero-order valence-corrected chi connectivity index (χ0v) is 20.2. The molecule has 0 heterocycles. The van der Waals surface area contributed by atoms with E-state index in [1.807, 2.05) is 56.6 Å². The predicted molar refractivity (Wildman–Crippen MR) is 139 cm³/mol. The fourth-order valence-corrected chi connectivity index (χ4v) is 4.87. The van der Waals surface area contributed by atoms with E-state index in [9.17, 15) is 9.59 Å². The Labute approximate surface area is 205 Å². The van der Waals surface area contributed by atoms with Crippen LogP contribution in [-0.4, -0.2) is 31.1 Å². The zero-order chi connectivity index (χ0) is 24.9. The lowest BCUT2D eigenvalue weighted by Gasteiger charge is -2.30. The molecule has 0 spiro atoms. The molecular formula is C29H31FN2O3. The number of amides is 1. The first-order valence-electron chi connectivity index (χ1n) is 12.0. The van der Waals surface area contributed by atoms with E-state index in [0.717, 1.165) is 49.1 Å². The van der Waals surface area contributed by atoms with Crippen molar-refractivity contribution in [2.24, 2.45) is 5.92 Å². The van der Waals surface area contributed by atoms with E-state index in [2.05, 4.69) is 0 Å². The molecule has 182 valence electrons. The Balaban J connectivity index is 1.79. The van der Waals surface area contributed by atoms with E-state index >= 15 is 4.39 Å². The monoisotopic (exact) mass is 474 g/mol. The van der Waals surface area contributed by atoms with Gasteiger partial charge in [-0.05, 0) is 53.6 Å². The molecule has 4 rings (SSSR count). The van der Waals surface area contributed by atoms with Gasteiger partial charge in [-0.2, -0.15) is 0 Å². The van der Waals surface area contributed by atoms with Crippen molar-refractivity contribution in [2.45, 2.75) is 38.6 Å². The second-order valence-corrected chi connectivity index (χ2v) is 9.33. The quantitative estimate of drug-likeness (QED) is 0.411. The van der Waals surface area contributed by atoms with Crippen molar-refractivity contribution in [3.05, 3.63) is 77.6 Å². The summed E-state index contributed by atoms with van der Waals surface area (Å²) in [5.41, 5.74) is 2.59. The molecule has 0 atom stereocenters. The minimum absolute atomic E-state index is 0.0326. The van der Waals surface area contributed by atoms with Crippen LogP contribution >= 0.6 is 0 Å². The van der Waals surface area contributed by atoms with E-state index < -0.39 is 5.97 Å². The fraction of sp³-hybridized carbons (Fsp3) is 0.310. The molecule has 1 aliphatic carbocycles. The maximum atomic E-state index is 15.6. The number of carboxylic acids is 1. The smallest absolute Gasteiger partial charge is 0.328 e. The van der Waals surface area contributed by atoms with Crippen molar-refractivity contribution in [3.63, 3.8) is 0 Å². The summed E-state index contributed by atoms with van der Waals surface area (Å²) in [5.74, 6) is -1.37. The molecule has 0 aromatic heterocycles. The molecule has 1 fully saturated rings. The van der Waals surface area contributed by atoms with Crippen molar-refractivity contribution < 1.29 is 19.1 Å². The van der Waals surface area contributed by atoms with Crippen LogP contribution in [0.5, 0.6) is 0 Å². The van der Waals surface area contributed by atoms with Gasteiger partial charge in [0, 0.05) is 37.2 Å². The SMILES string of the molecule is CN(C)c1ccc2cccc(CN(C(=O)C3CCCCC3)c3cccc(C=CC(=O)O)c3)c2c1F. The molecule has 1 aliphatic rings. The lowest BCUT2D eigenvalue weighted by molar-refractivity contribution is -0.131. The fourth-order valence-electron chi connectivity index (χ4n) is 4.87. The summed E-state index contributed by atoms with van der Waals surface area (Å²) >= 11 is 0. The second kappa shape index (κ2) is 10.7. The van der Waals surface area contributed by atoms with Gasteiger partial charge < -0.3 is 14.9 Å². The Morgan fingerprint density at radius 3 is 2.49 bits per heavy atom. The molecule has 3 aromatic carbocycles. The summed E-state index contributed by atoms with van der Waals surface area (Å²) in [6.45, 7) is 0.229. The summed E-state index contributed by atoms with van der Waals surface area (Å²) < 4.78 is 15.6. The third-order valence-electron chi connectivity index (χ3n) is 6.68. The van der Waals surface area contributed by atoms with Crippen LogP contribution in [0.1, 0.15) is 43.2 Å². The highest BCUT2D eigenvalue weighted by Crippen LogP contribution is 2.33. The molecule has 0 radical (unpaired) electrons. The third kappa shape index (κ3) is 5.53. The molecular weight excluding hydrogens is 443 g/mol. The predicted octanol–water partition coefficient (Wildman–Crippen LogP) is 6.26. The van der Waals surface area contributed by atoms with E-state index in [0.29, 0.717) is 22.3 Å². The minimum atomic E-state index is -1.03. The van der Waals surface area contributed by atoms with Gasteiger partial charge in [0.2, 0.25) is 5.91 Å². The van der Waals surface area contributed by atoms with Gasteiger partial charge in [-0.1, -0.05) is 55.7 Å². The number of halogens is 1. The van der Waals surface area contributed by atoms with Crippen LogP contribution in [0.2, 0.25) is 0 Å². The lowest BCUT2D eigenvalue weighted by atomic mass is 9.88. The van der Waals surface area contributed by atoms with Crippen LogP contribution < -0.4 is 9.80 Å². The van der Waals surface area contributed by atoms with Gasteiger partial charge in [-0.15, -0.1) is 0 Å². The number of rotatable bonds is 7. The van der Waals surface area contributed by atoms with Crippen LogP contribution in [0.25, 0.3) is 16.8 Å². The highest BCUT2D eigenvalue weighted by Gasteiger charge is 2.28. The Hall–Kier alpha value is -3.67. The van der Waals surface area contributed by atoms with Crippen molar-refractivity contribution in [2.75, 3.05) is 23.9 Å². The van der Waals surface area contributed by atoms with Crippen LogP contribution in [-0.2, 0) is 16.1 Å². The highest BCUT2D eigenvalue weighted by atomic mass is 19.1. The van der Waals surface area contributed by atoms with Gasteiger partial charge in [-0.25, -0.2) is 9.18 Å². The maximum Gasteiger partial charge on any atom is 0.328 e. The van der Waals surface area contributed by atoms with Crippen LogP contribution in [0.3, 0.4) is 0 Å². The summed E-state index contributed by atoms with van der Waals surface area (Å²) in [6.07, 6.45) is 7.49. The first kappa shape index (κ1) is 24.5. The maximum absolute atomic E-state index is 15.6. The number of anilines is 2. The van der Waals surface area contributed by atoms with Crippen LogP contribution in [0.4, 0.5) is 15.8 Å². The Kier molecular flexibility index (Phi) is 7.49. The van der Waals surface area contributed by atoms with Gasteiger partial charge in [0.15, 0.2) is 5.82 Å². The Bertz CT molecular complexity index is 1260. The van der Waals surface area contributed by atoms with E-state index in [1.165, 1.54) is 6.08 Å². The van der Waals surface area contributed by atoms with Gasteiger partial charge in [0.05, 0.1) is 12.2 Å². The van der Waals surface area contributed by atoms with E-state index in [-0.39, 0.29) is 24.2 Å². The molecule has 6 heteroatoms. The molecule has 0 saturated heterocycles. The molecule has 35 heavy (non-hydrogen) atoms. The second-order valence-electron chi connectivity index (χ2n) is 9.33. The minimum Gasteiger partial charge on any atom is -0.478 e. The van der Waals surface area contributed by atoms with Crippen LogP contribution in [0.15, 0.2) is 60.7 Å². The molecule has 0 aliphatic heterocycles. The Morgan fingerprint density at radius 1 is 1.03 bits per heavy atom. The first-order valence-corrected chi connectivity index (χ1v) is 12.0. The molecule has 0 unspecified atom stereocenters. The van der Waals surface area contributed by atoms with E-state index in [4.69, 9.17) is 5.11 Å². The number of aliphatic carboxylic acids is 1. The van der Waals surface area contributed by atoms with Crippen molar-refractivity contribution in [1.82, 2.24) is 0 Å². The number of fused-ring (bicyclic) bond motifs is 1. The number of carbonyl (C=O) groups is 2. The molecule has 0 bridgehead atoms. The average Bonchev–Trinajstić information content (AvgIpc) is 2.86. The Morgan fingerprint density at radius 2 is 1.77 bits per heavy atom. The molecule has 1 saturated carbocycles. The summed E-state index contributed by atoms with van der Waals surface area (Å²) in [7, 11) is 3.61. The van der Waals surface area contributed by atoms with Crippen molar-refractivity contribution in [1.29, 1.82) is 0 Å². The lowest BCUT2D eigenvalue weighted by Crippen LogP contribution is -2.36. The standard InChI is InChI=1S/C29H31FN2O3/c1-31(2)25-16-15-21-11-7-12-23(27(21)28(25)30)19-32(29(35)22-9-4-3-5-10-22)24-13-6-8-20(18-24)14-17-26(33)34/h6-8,11-18,22H,3-5,9-10,19H2,1-2H3,(H,33,34). The zero-order valence-electron chi connectivity index (χ0n) is 20.2. The number of benzene rings is 3. The van der Waals surface area contributed by atoms with Crippen molar-refractivity contribution in [3.8, 4) is 0 Å². The van der Waals surface area contributed by atoms with Gasteiger partial charge in [0.25, 0.3) is 0 Å². The van der Waals surface area contributed by atoms with Gasteiger partial charge in [-0.3, -0.25) is 4.79 Å². The number of carbonyl (C=O) groups excluding carboxylic acids is 1. The summed E-state index contributed by atoms with van der Waals surface area (Å²) in [4.78, 5) is 28.3. The largest absolute Gasteiger partial charge is 0.478 e. The van der Waals surface area contributed by atoms with Gasteiger partial charge in [0.1, 0.15) is 0 Å². The van der Waals surface area contributed by atoms with Crippen molar-refractivity contribution >= 4 is 40.1 Å². The highest BCUT2D eigenvalue weighted by molar-refractivity contribution is 5.97. The molecule has 3 aromatic rings. The molecule has 1 amide bonds.